The Kier molecular flexibility index (Phi) is 3.69. The quantitative estimate of drug-likeness (QED) is 0.850. The van der Waals surface area contributed by atoms with Crippen molar-refractivity contribution in [3.05, 3.63) is 20.8 Å². The maximum Gasteiger partial charge on any atom is 0.407 e. The first-order valence-electron chi connectivity index (χ1n) is 7.74. The number of aryl methyl sites for hydroxylation is 1. The number of cyclic esters (lactones) is 1. The number of rotatable bonds is 2. The van der Waals surface area contributed by atoms with Crippen molar-refractivity contribution in [1.82, 2.24) is 15.1 Å². The molecule has 0 radical (unpaired) electrons. The molecule has 1 unspecified atom stereocenters. The average Bonchev–Trinajstić information content (AvgIpc) is 3.32. The highest BCUT2D eigenvalue weighted by Gasteiger charge is 2.49. The van der Waals surface area contributed by atoms with Gasteiger partial charge in [-0.3, -0.25) is 9.59 Å². The van der Waals surface area contributed by atoms with Crippen LogP contribution in [0.5, 0.6) is 0 Å². The Morgan fingerprint density at radius 1 is 1.33 bits per heavy atom. The lowest BCUT2D eigenvalue weighted by Gasteiger charge is -2.35. The summed E-state index contributed by atoms with van der Waals surface area (Å²) in [4.78, 5) is 40.5. The molecule has 1 aromatic rings. The summed E-state index contributed by atoms with van der Waals surface area (Å²) in [5, 5.41) is 4.91. The lowest BCUT2D eigenvalue weighted by atomic mass is 10.2. The van der Waals surface area contributed by atoms with Crippen molar-refractivity contribution in [2.45, 2.75) is 31.5 Å². The van der Waals surface area contributed by atoms with E-state index in [9.17, 15) is 14.4 Å². The Hall–Kier alpha value is -1.80. The smallest absolute Gasteiger partial charge is 0.407 e. The molecule has 128 valence electrons. The third-order valence-corrected chi connectivity index (χ3v) is 6.53. The number of ether oxygens (including phenoxy) is 1. The molecule has 7 nitrogen and oxygen atoms in total. The molecule has 9 heteroatoms. The molecule has 3 aliphatic heterocycles. The molecule has 1 aromatic heterocycles. The van der Waals surface area contributed by atoms with Crippen LogP contribution < -0.4 is 5.32 Å². The van der Waals surface area contributed by atoms with Gasteiger partial charge >= 0.3 is 6.09 Å². The minimum atomic E-state index is -0.615. The first-order chi connectivity index (χ1) is 11.5. The lowest BCUT2D eigenvalue weighted by Crippen LogP contribution is -2.54. The van der Waals surface area contributed by atoms with Crippen molar-refractivity contribution in [3.8, 4) is 0 Å². The molecule has 4 heterocycles. The normalized spacial score (nSPS) is 28.2. The van der Waals surface area contributed by atoms with Crippen molar-refractivity contribution in [3.63, 3.8) is 0 Å². The summed E-state index contributed by atoms with van der Waals surface area (Å²) < 4.78 is 4.78. The second-order valence-corrected chi connectivity index (χ2v) is 7.61. The van der Waals surface area contributed by atoms with E-state index in [1.54, 1.807) is 4.90 Å². The first-order valence-corrected chi connectivity index (χ1v) is 8.99. The standard InChI is InChI=1S/C15H16ClN3O4S/c1-7-6-24-12(11(7)16)14(21)19-4-8-2-9(19)3-18(8)13(20)10-5-23-15(22)17-10/h6,8-10H,2-5H2,1H3,(H,17,22)/t8-,9-,10?/m0/s1. The molecule has 0 saturated carbocycles. The van der Waals surface area contributed by atoms with Gasteiger partial charge in [0.2, 0.25) is 5.91 Å². The van der Waals surface area contributed by atoms with Crippen molar-refractivity contribution in [1.29, 1.82) is 0 Å². The molecule has 0 aliphatic carbocycles. The number of alkyl carbamates (subject to hydrolysis) is 1. The molecule has 3 atom stereocenters. The largest absolute Gasteiger partial charge is 0.447 e. The summed E-state index contributed by atoms with van der Waals surface area (Å²) in [6.45, 7) is 2.94. The molecule has 2 bridgehead atoms. The molecule has 1 N–H and O–H groups in total. The highest BCUT2D eigenvalue weighted by atomic mass is 35.5. The fraction of sp³-hybridized carbons (Fsp3) is 0.533. The van der Waals surface area contributed by atoms with Crippen LogP contribution in [0.25, 0.3) is 0 Å². The minimum absolute atomic E-state index is 0.00273. The van der Waals surface area contributed by atoms with Gasteiger partial charge in [0.15, 0.2) is 0 Å². The number of likely N-dealkylation sites (tertiary alicyclic amines) is 2. The maximum absolute atomic E-state index is 12.7. The number of fused-ring (bicyclic) bond motifs is 2. The van der Waals surface area contributed by atoms with Crippen LogP contribution in [0, 0.1) is 6.92 Å². The zero-order chi connectivity index (χ0) is 17.0. The van der Waals surface area contributed by atoms with E-state index in [1.165, 1.54) is 11.3 Å². The van der Waals surface area contributed by atoms with Crippen LogP contribution in [0.2, 0.25) is 5.02 Å². The third kappa shape index (κ3) is 2.36. The van der Waals surface area contributed by atoms with E-state index in [0.29, 0.717) is 23.0 Å². The number of carbonyl (C=O) groups excluding carboxylic acids is 3. The number of piperazine rings is 1. The summed E-state index contributed by atoms with van der Waals surface area (Å²) >= 11 is 7.57. The molecule has 0 aromatic carbocycles. The topological polar surface area (TPSA) is 79.0 Å². The van der Waals surface area contributed by atoms with Crippen molar-refractivity contribution < 1.29 is 19.1 Å². The van der Waals surface area contributed by atoms with Gasteiger partial charge in [-0.1, -0.05) is 11.6 Å². The summed E-state index contributed by atoms with van der Waals surface area (Å²) in [5.74, 6) is -0.194. The molecule has 3 aliphatic rings. The van der Waals surface area contributed by atoms with E-state index in [0.717, 1.165) is 12.0 Å². The zero-order valence-corrected chi connectivity index (χ0v) is 14.5. The summed E-state index contributed by atoms with van der Waals surface area (Å²) in [6.07, 6.45) is 0.207. The summed E-state index contributed by atoms with van der Waals surface area (Å²) in [7, 11) is 0. The molecule has 4 rings (SSSR count). The van der Waals surface area contributed by atoms with E-state index in [-0.39, 0.29) is 30.5 Å². The van der Waals surface area contributed by atoms with Crippen LogP contribution >= 0.6 is 22.9 Å². The van der Waals surface area contributed by atoms with E-state index >= 15 is 0 Å². The number of hydrogen-bond donors (Lipinski definition) is 1. The van der Waals surface area contributed by atoms with Gasteiger partial charge < -0.3 is 19.9 Å². The molecule has 0 spiro atoms. The van der Waals surface area contributed by atoms with Crippen LogP contribution in [0.15, 0.2) is 5.38 Å². The molecule has 3 saturated heterocycles. The van der Waals surface area contributed by atoms with E-state index in [2.05, 4.69) is 5.32 Å². The Bertz CT molecular complexity index is 736. The van der Waals surface area contributed by atoms with Gasteiger partial charge in [-0.2, -0.15) is 0 Å². The molecular formula is C15H16ClN3O4S. The SMILES string of the molecule is Cc1csc(C(=O)N2C[C@@H]3C[C@H]2CN3C(=O)C2COC(=O)N2)c1Cl. The van der Waals surface area contributed by atoms with Crippen LogP contribution in [0.4, 0.5) is 4.79 Å². The molecule has 24 heavy (non-hydrogen) atoms. The van der Waals surface area contributed by atoms with Crippen molar-refractivity contribution in [2.24, 2.45) is 0 Å². The Morgan fingerprint density at radius 2 is 2.04 bits per heavy atom. The van der Waals surface area contributed by atoms with Crippen molar-refractivity contribution >= 4 is 40.8 Å². The monoisotopic (exact) mass is 369 g/mol. The number of nitrogens with zero attached hydrogens (tertiary/aromatic N) is 2. The van der Waals surface area contributed by atoms with Crippen molar-refractivity contribution in [2.75, 3.05) is 19.7 Å². The molecule has 3 amide bonds. The average molecular weight is 370 g/mol. The van der Waals surface area contributed by atoms with Gasteiger partial charge in [-0.15, -0.1) is 11.3 Å². The predicted molar refractivity (Wildman–Crippen MR) is 87.3 cm³/mol. The number of hydrogen-bond acceptors (Lipinski definition) is 5. The van der Waals surface area contributed by atoms with E-state index < -0.39 is 12.1 Å². The summed E-state index contributed by atoms with van der Waals surface area (Å²) in [6, 6.07) is -0.623. The predicted octanol–water partition coefficient (Wildman–Crippen LogP) is 1.24. The molecular weight excluding hydrogens is 354 g/mol. The van der Waals surface area contributed by atoms with Gasteiger partial charge in [-0.25, -0.2) is 4.79 Å². The van der Waals surface area contributed by atoms with Crippen LogP contribution in [0.3, 0.4) is 0 Å². The Balaban J connectivity index is 1.44. The van der Waals surface area contributed by atoms with Gasteiger partial charge in [0, 0.05) is 13.1 Å². The zero-order valence-electron chi connectivity index (χ0n) is 13.0. The second kappa shape index (κ2) is 5.63. The Morgan fingerprint density at radius 3 is 2.58 bits per heavy atom. The highest BCUT2D eigenvalue weighted by molar-refractivity contribution is 7.13. The maximum atomic E-state index is 12.7. The minimum Gasteiger partial charge on any atom is -0.447 e. The van der Waals surface area contributed by atoms with Gasteiger partial charge in [0.05, 0.1) is 17.1 Å². The van der Waals surface area contributed by atoms with Crippen LogP contribution in [-0.2, 0) is 9.53 Å². The number of carbonyl (C=O) groups is 3. The second-order valence-electron chi connectivity index (χ2n) is 6.35. The highest BCUT2D eigenvalue weighted by Crippen LogP contribution is 2.35. The fourth-order valence-corrected chi connectivity index (χ4v) is 4.84. The van der Waals surface area contributed by atoms with Crippen LogP contribution in [0.1, 0.15) is 21.7 Å². The van der Waals surface area contributed by atoms with E-state index in [1.807, 2.05) is 17.2 Å². The van der Waals surface area contributed by atoms with Gasteiger partial charge in [0.1, 0.15) is 17.5 Å². The fourth-order valence-electron chi connectivity index (χ4n) is 3.61. The summed E-state index contributed by atoms with van der Waals surface area (Å²) in [5.41, 5.74) is 0.906. The first kappa shape index (κ1) is 15.7. The van der Waals surface area contributed by atoms with Crippen LogP contribution in [-0.4, -0.2) is 65.5 Å². The number of thiophene rings is 1. The van der Waals surface area contributed by atoms with E-state index in [4.69, 9.17) is 16.3 Å². The number of amides is 3. The van der Waals surface area contributed by atoms with Gasteiger partial charge in [-0.05, 0) is 24.3 Å². The Labute approximate surface area is 147 Å². The lowest BCUT2D eigenvalue weighted by molar-refractivity contribution is -0.135. The number of nitrogens with one attached hydrogen (secondary N) is 1. The molecule has 3 fully saturated rings. The number of halogens is 1. The third-order valence-electron chi connectivity index (χ3n) is 4.85. The van der Waals surface area contributed by atoms with Gasteiger partial charge in [0.25, 0.3) is 5.91 Å².